The van der Waals surface area contributed by atoms with Gasteiger partial charge in [-0.1, -0.05) is 18.2 Å². The number of fused-ring (bicyclic) bond motifs is 3. The number of hydrogen-bond acceptors (Lipinski definition) is 5. The molecule has 0 spiro atoms. The van der Waals surface area contributed by atoms with Crippen LogP contribution in [0.25, 0.3) is 0 Å². The summed E-state index contributed by atoms with van der Waals surface area (Å²) in [5.74, 6) is -3.49. The Morgan fingerprint density at radius 3 is 2.52 bits per heavy atom. The summed E-state index contributed by atoms with van der Waals surface area (Å²) in [6.45, 7) is 2.22. The number of amides is 4. The Labute approximate surface area is 169 Å². The van der Waals surface area contributed by atoms with E-state index in [1.165, 1.54) is 19.0 Å². The second-order valence-corrected chi connectivity index (χ2v) is 7.35. The van der Waals surface area contributed by atoms with Crippen molar-refractivity contribution in [3.63, 3.8) is 0 Å². The van der Waals surface area contributed by atoms with E-state index in [0.29, 0.717) is 18.8 Å². The third-order valence-corrected chi connectivity index (χ3v) is 5.96. The van der Waals surface area contributed by atoms with E-state index in [0.717, 1.165) is 5.56 Å². The molecule has 0 bridgehead atoms. The lowest BCUT2D eigenvalue weighted by Crippen LogP contribution is -2.63. The van der Waals surface area contributed by atoms with Crippen molar-refractivity contribution >= 4 is 29.3 Å². The molecule has 0 unspecified atom stereocenters. The number of nitrogens with one attached hydrogen (secondary N) is 2. The lowest BCUT2D eigenvalue weighted by atomic mass is 9.71. The van der Waals surface area contributed by atoms with Crippen molar-refractivity contribution in [1.29, 1.82) is 0 Å². The summed E-state index contributed by atoms with van der Waals surface area (Å²) in [7, 11) is 4.42. The molecule has 1 fully saturated rings. The first kappa shape index (κ1) is 20.8. The van der Waals surface area contributed by atoms with Gasteiger partial charge in [0.15, 0.2) is 0 Å². The number of rotatable bonds is 4. The Kier molecular flexibility index (Phi) is 5.61. The Bertz CT molecular complexity index is 857. The fourth-order valence-corrected chi connectivity index (χ4v) is 4.55. The van der Waals surface area contributed by atoms with Gasteiger partial charge in [0.25, 0.3) is 5.91 Å². The lowest BCUT2D eigenvalue weighted by molar-refractivity contribution is -0.151. The number of ether oxygens (including phenoxy) is 1. The summed E-state index contributed by atoms with van der Waals surface area (Å²) in [5.41, 5.74) is 0.120. The van der Waals surface area contributed by atoms with Crippen LogP contribution >= 0.6 is 0 Å². The number of hydrogen-bond donors (Lipinski definition) is 2. The number of para-hydroxylation sites is 1. The molecule has 1 aromatic rings. The normalized spacial score (nSPS) is 25.3. The van der Waals surface area contributed by atoms with E-state index < -0.39 is 29.2 Å². The summed E-state index contributed by atoms with van der Waals surface area (Å²) < 4.78 is 5.16. The van der Waals surface area contributed by atoms with Crippen LogP contribution in [-0.4, -0.2) is 75.0 Å². The lowest BCUT2D eigenvalue weighted by Gasteiger charge is -2.46. The largest absolute Gasteiger partial charge is 0.383 e. The van der Waals surface area contributed by atoms with E-state index in [2.05, 4.69) is 10.6 Å². The van der Waals surface area contributed by atoms with Crippen LogP contribution in [0.4, 0.5) is 5.69 Å². The minimum atomic E-state index is -1.37. The summed E-state index contributed by atoms with van der Waals surface area (Å²) >= 11 is 0. The topological polar surface area (TPSA) is 108 Å². The van der Waals surface area contributed by atoms with Gasteiger partial charge >= 0.3 is 11.8 Å². The van der Waals surface area contributed by atoms with Gasteiger partial charge in [-0.15, -0.1) is 0 Å². The minimum Gasteiger partial charge on any atom is -0.383 e. The Balaban J connectivity index is 2.20. The quantitative estimate of drug-likeness (QED) is 0.659. The van der Waals surface area contributed by atoms with Crippen molar-refractivity contribution in [1.82, 2.24) is 15.5 Å². The number of likely N-dealkylation sites (tertiary alicyclic amines) is 1. The van der Waals surface area contributed by atoms with E-state index in [1.807, 2.05) is 24.3 Å². The van der Waals surface area contributed by atoms with Crippen LogP contribution in [0.15, 0.2) is 24.3 Å². The zero-order chi connectivity index (χ0) is 21.3. The molecule has 3 rings (SSSR count). The molecule has 0 aromatic heterocycles. The Morgan fingerprint density at radius 2 is 1.90 bits per heavy atom. The maximum absolute atomic E-state index is 13.7. The second-order valence-electron chi connectivity index (χ2n) is 7.35. The third kappa shape index (κ3) is 3.05. The molecule has 3 atom stereocenters. The average molecular weight is 402 g/mol. The third-order valence-electron chi connectivity index (χ3n) is 5.96. The molecule has 0 aliphatic carbocycles. The van der Waals surface area contributed by atoms with Crippen molar-refractivity contribution in [2.24, 2.45) is 5.92 Å². The summed E-state index contributed by atoms with van der Waals surface area (Å²) in [5, 5.41) is 4.94. The van der Waals surface area contributed by atoms with Gasteiger partial charge in [-0.3, -0.25) is 19.2 Å². The van der Waals surface area contributed by atoms with E-state index in [-0.39, 0.29) is 18.4 Å². The van der Waals surface area contributed by atoms with Crippen molar-refractivity contribution in [2.45, 2.75) is 18.4 Å². The van der Waals surface area contributed by atoms with Crippen LogP contribution in [0.5, 0.6) is 0 Å². The van der Waals surface area contributed by atoms with Crippen molar-refractivity contribution < 1.29 is 23.9 Å². The van der Waals surface area contributed by atoms with Crippen molar-refractivity contribution in [2.75, 3.05) is 45.8 Å². The van der Waals surface area contributed by atoms with E-state index in [9.17, 15) is 19.2 Å². The van der Waals surface area contributed by atoms with Crippen LogP contribution in [0, 0.1) is 5.92 Å². The van der Waals surface area contributed by atoms with Crippen molar-refractivity contribution in [3.8, 4) is 0 Å². The molecule has 0 saturated carbocycles. The molecule has 29 heavy (non-hydrogen) atoms. The molecule has 1 saturated heterocycles. The number of benzene rings is 1. The first-order valence-electron chi connectivity index (χ1n) is 9.48. The predicted octanol–water partition coefficient (Wildman–Crippen LogP) is -0.528. The molecular formula is C20H26N4O5. The van der Waals surface area contributed by atoms with Gasteiger partial charge in [-0.25, -0.2) is 0 Å². The zero-order valence-corrected chi connectivity index (χ0v) is 17.0. The first-order chi connectivity index (χ1) is 13.8. The fraction of sp³-hybridized carbons (Fsp3) is 0.500. The highest BCUT2D eigenvalue weighted by Gasteiger charge is 2.63. The number of methoxy groups -OCH3 is 1. The first-order valence-corrected chi connectivity index (χ1v) is 9.48. The number of carbonyl (C=O) groups excluding carboxylic acids is 4. The fourth-order valence-electron chi connectivity index (χ4n) is 4.55. The summed E-state index contributed by atoms with van der Waals surface area (Å²) in [6.07, 6.45) is 0. The standard InChI is InChI=1S/C20H26N4O5/c1-20-15(13(16(25)21-2)11-24(20)18(27)17(26)22-3)12-7-5-6-8-14(12)23(19(20)28)9-10-29-4/h5-8,13,15H,9-11H2,1-4H3,(H,21,25)(H,22,26)/t13-,15+,20-/m0/s1. The molecule has 4 amide bonds. The Morgan fingerprint density at radius 1 is 1.21 bits per heavy atom. The average Bonchev–Trinajstić information content (AvgIpc) is 3.06. The highest BCUT2D eigenvalue weighted by atomic mass is 16.5. The molecule has 1 aromatic carbocycles. The molecule has 2 aliphatic heterocycles. The van der Waals surface area contributed by atoms with Crippen LogP contribution in [-0.2, 0) is 23.9 Å². The minimum absolute atomic E-state index is 0.0225. The second kappa shape index (κ2) is 7.82. The van der Waals surface area contributed by atoms with Gasteiger partial charge in [0.1, 0.15) is 5.54 Å². The zero-order valence-electron chi connectivity index (χ0n) is 17.0. The molecule has 2 heterocycles. The number of anilines is 1. The highest BCUT2D eigenvalue weighted by Crippen LogP contribution is 2.52. The summed E-state index contributed by atoms with van der Waals surface area (Å²) in [4.78, 5) is 54.2. The van der Waals surface area contributed by atoms with E-state index in [4.69, 9.17) is 4.74 Å². The monoisotopic (exact) mass is 402 g/mol. The molecule has 9 nitrogen and oxygen atoms in total. The van der Waals surface area contributed by atoms with Gasteiger partial charge in [-0.05, 0) is 18.6 Å². The maximum Gasteiger partial charge on any atom is 0.312 e. The Hall–Kier alpha value is -2.94. The van der Waals surface area contributed by atoms with E-state index in [1.54, 1.807) is 18.9 Å². The molecule has 9 heteroatoms. The van der Waals surface area contributed by atoms with Gasteiger partial charge in [0.2, 0.25) is 5.91 Å². The highest BCUT2D eigenvalue weighted by molar-refractivity contribution is 6.36. The molecule has 156 valence electrons. The predicted molar refractivity (Wildman–Crippen MR) is 105 cm³/mol. The van der Waals surface area contributed by atoms with Gasteiger partial charge in [0, 0.05) is 45.9 Å². The van der Waals surface area contributed by atoms with Crippen LogP contribution in [0.3, 0.4) is 0 Å². The summed E-state index contributed by atoms with van der Waals surface area (Å²) in [6, 6.07) is 7.36. The van der Waals surface area contributed by atoms with Crippen LogP contribution in [0.1, 0.15) is 18.4 Å². The smallest absolute Gasteiger partial charge is 0.312 e. The SMILES string of the molecule is CNC(=O)C(=O)N1C[C@H](C(=O)NC)[C@H]2c3ccccc3N(CCOC)C(=O)[C@]21C. The van der Waals surface area contributed by atoms with Gasteiger partial charge < -0.3 is 25.2 Å². The molecule has 2 N–H and O–H groups in total. The number of nitrogens with zero attached hydrogens (tertiary/aromatic N) is 2. The van der Waals surface area contributed by atoms with Crippen molar-refractivity contribution in [3.05, 3.63) is 29.8 Å². The van der Waals surface area contributed by atoms with Gasteiger partial charge in [0.05, 0.1) is 12.5 Å². The van der Waals surface area contributed by atoms with Gasteiger partial charge in [-0.2, -0.15) is 0 Å². The molecule has 2 aliphatic rings. The number of likely N-dealkylation sites (N-methyl/N-ethyl adjacent to an activating group) is 1. The van der Waals surface area contributed by atoms with Crippen LogP contribution < -0.4 is 15.5 Å². The van der Waals surface area contributed by atoms with E-state index >= 15 is 0 Å². The van der Waals surface area contributed by atoms with Crippen LogP contribution in [0.2, 0.25) is 0 Å². The number of carbonyl (C=O) groups is 4. The maximum atomic E-state index is 13.7. The molecular weight excluding hydrogens is 376 g/mol. The molecule has 0 radical (unpaired) electrons.